The van der Waals surface area contributed by atoms with Gasteiger partial charge >= 0.3 is 0 Å². The van der Waals surface area contributed by atoms with Gasteiger partial charge in [-0.05, 0) is 22.7 Å². The molecule has 3 rings (SSSR count). The Bertz CT molecular complexity index is 770. The fraction of sp³-hybridized carbons (Fsp3) is 0.111. The van der Waals surface area contributed by atoms with Gasteiger partial charge in [-0.15, -0.1) is 0 Å². The molecule has 1 aromatic heterocycles. The van der Waals surface area contributed by atoms with E-state index in [0.29, 0.717) is 12.1 Å². The molecular weight excluding hydrogens is 326 g/mol. The van der Waals surface area contributed by atoms with Crippen LogP contribution in [0.1, 0.15) is 22.6 Å². The van der Waals surface area contributed by atoms with Crippen molar-refractivity contribution in [1.82, 2.24) is 4.37 Å². The van der Waals surface area contributed by atoms with Gasteiger partial charge in [0.15, 0.2) is 5.15 Å². The molecule has 0 aliphatic heterocycles. The molecule has 3 aromatic rings. The first-order valence-electron chi connectivity index (χ1n) is 7.18. The number of nitrogens with zero attached hydrogens (tertiary/aromatic N) is 2. The lowest BCUT2D eigenvalue weighted by molar-refractivity contribution is 0.855. The minimum absolute atomic E-state index is 0.185. The van der Waals surface area contributed by atoms with Gasteiger partial charge in [-0.3, -0.25) is 0 Å². The summed E-state index contributed by atoms with van der Waals surface area (Å²) in [5.41, 5.74) is 2.86. The maximum atomic E-state index is 9.18. The van der Waals surface area contributed by atoms with Crippen LogP contribution in [0.3, 0.4) is 0 Å². The number of benzene rings is 2. The number of nitriles is 1. The van der Waals surface area contributed by atoms with Crippen LogP contribution in [0.4, 0.5) is 5.00 Å². The van der Waals surface area contributed by atoms with Gasteiger partial charge in [0.1, 0.15) is 16.6 Å². The fourth-order valence-electron chi connectivity index (χ4n) is 2.48. The van der Waals surface area contributed by atoms with Gasteiger partial charge < -0.3 is 5.32 Å². The zero-order valence-corrected chi connectivity index (χ0v) is 13.8. The lowest BCUT2D eigenvalue weighted by Gasteiger charge is -2.19. The second-order valence-electron chi connectivity index (χ2n) is 5.04. The van der Waals surface area contributed by atoms with Crippen LogP contribution >= 0.6 is 23.1 Å². The lowest BCUT2D eigenvalue weighted by Crippen LogP contribution is -2.14. The molecule has 114 valence electrons. The molecule has 0 aliphatic carbocycles. The first-order valence-corrected chi connectivity index (χ1v) is 8.33. The van der Waals surface area contributed by atoms with Crippen LogP contribution in [0.25, 0.3) is 0 Å². The SMILES string of the molecule is N#Cc1c(Cl)nsc1NCC(c1ccccc1)c1ccccc1. The van der Waals surface area contributed by atoms with Gasteiger partial charge in [-0.2, -0.15) is 9.64 Å². The Balaban J connectivity index is 1.87. The number of hydrogen-bond acceptors (Lipinski definition) is 4. The van der Waals surface area contributed by atoms with E-state index in [4.69, 9.17) is 11.6 Å². The summed E-state index contributed by atoms with van der Waals surface area (Å²) in [6.07, 6.45) is 0. The number of halogens is 1. The maximum absolute atomic E-state index is 9.18. The topological polar surface area (TPSA) is 48.7 Å². The molecule has 1 heterocycles. The molecule has 23 heavy (non-hydrogen) atoms. The van der Waals surface area contributed by atoms with Gasteiger partial charge in [0, 0.05) is 12.5 Å². The van der Waals surface area contributed by atoms with E-state index in [9.17, 15) is 5.26 Å². The molecule has 0 amide bonds. The molecule has 0 unspecified atom stereocenters. The summed E-state index contributed by atoms with van der Waals surface area (Å²) in [6, 6.07) is 22.7. The molecule has 2 aromatic carbocycles. The second-order valence-corrected chi connectivity index (χ2v) is 6.18. The van der Waals surface area contributed by atoms with E-state index < -0.39 is 0 Å². The molecule has 0 fully saturated rings. The highest BCUT2D eigenvalue weighted by molar-refractivity contribution is 7.10. The largest absolute Gasteiger partial charge is 0.374 e. The average molecular weight is 340 g/mol. The summed E-state index contributed by atoms with van der Waals surface area (Å²) in [4.78, 5) is 0. The van der Waals surface area contributed by atoms with Crippen molar-refractivity contribution in [3.05, 3.63) is 82.5 Å². The number of nitrogens with one attached hydrogen (secondary N) is 1. The van der Waals surface area contributed by atoms with E-state index in [1.165, 1.54) is 22.7 Å². The first-order chi connectivity index (χ1) is 11.3. The van der Waals surface area contributed by atoms with E-state index in [-0.39, 0.29) is 11.1 Å². The normalized spacial score (nSPS) is 10.5. The third-order valence-corrected chi connectivity index (χ3v) is 4.81. The third-order valence-electron chi connectivity index (χ3n) is 3.63. The van der Waals surface area contributed by atoms with E-state index in [0.717, 1.165) is 5.00 Å². The van der Waals surface area contributed by atoms with Gasteiger partial charge in [0.2, 0.25) is 0 Å². The van der Waals surface area contributed by atoms with Crippen molar-refractivity contribution in [3.63, 3.8) is 0 Å². The van der Waals surface area contributed by atoms with Crippen LogP contribution in [0, 0.1) is 11.3 Å². The van der Waals surface area contributed by atoms with Crippen molar-refractivity contribution in [2.45, 2.75) is 5.92 Å². The summed E-state index contributed by atoms with van der Waals surface area (Å²) in [6.45, 7) is 0.668. The predicted octanol–water partition coefficient (Wildman–Crippen LogP) is 4.91. The highest BCUT2D eigenvalue weighted by atomic mass is 35.5. The Morgan fingerprint density at radius 1 is 1.04 bits per heavy atom. The monoisotopic (exact) mass is 339 g/mol. The number of anilines is 1. The number of aromatic nitrogens is 1. The molecular formula is C18H14ClN3S. The van der Waals surface area contributed by atoms with Crippen LogP contribution < -0.4 is 5.32 Å². The fourth-order valence-corrected chi connectivity index (χ4v) is 3.42. The molecule has 3 nitrogen and oxygen atoms in total. The molecule has 0 aliphatic rings. The first kappa shape index (κ1) is 15.5. The summed E-state index contributed by atoms with van der Waals surface area (Å²) in [5, 5.41) is 13.5. The molecule has 0 bridgehead atoms. The quantitative estimate of drug-likeness (QED) is 0.718. The van der Waals surface area contributed by atoms with Crippen LogP contribution in [-0.4, -0.2) is 10.9 Å². The molecule has 0 saturated heterocycles. The van der Waals surface area contributed by atoms with Gasteiger partial charge in [-0.1, -0.05) is 72.3 Å². The van der Waals surface area contributed by atoms with E-state index in [1.54, 1.807) is 0 Å². The highest BCUT2D eigenvalue weighted by Gasteiger charge is 2.17. The molecule has 0 saturated carbocycles. The van der Waals surface area contributed by atoms with Crippen molar-refractivity contribution in [1.29, 1.82) is 5.26 Å². The number of rotatable bonds is 5. The van der Waals surface area contributed by atoms with E-state index in [1.807, 2.05) is 36.4 Å². The molecule has 0 spiro atoms. The zero-order chi connectivity index (χ0) is 16.1. The van der Waals surface area contributed by atoms with E-state index in [2.05, 4.69) is 40.0 Å². The smallest absolute Gasteiger partial charge is 0.162 e. The Hall–Kier alpha value is -2.35. The summed E-state index contributed by atoms with van der Waals surface area (Å²) in [5.74, 6) is 0.185. The summed E-state index contributed by atoms with van der Waals surface area (Å²) < 4.78 is 4.03. The van der Waals surface area contributed by atoms with Gasteiger partial charge in [0.25, 0.3) is 0 Å². The maximum Gasteiger partial charge on any atom is 0.162 e. The minimum atomic E-state index is 0.185. The Kier molecular flexibility index (Phi) is 4.92. The van der Waals surface area contributed by atoms with E-state index >= 15 is 0 Å². The van der Waals surface area contributed by atoms with Crippen molar-refractivity contribution in [2.24, 2.45) is 0 Å². The molecule has 0 atom stereocenters. The van der Waals surface area contributed by atoms with Crippen LogP contribution in [0.5, 0.6) is 0 Å². The Morgan fingerprint density at radius 2 is 1.61 bits per heavy atom. The predicted molar refractivity (Wildman–Crippen MR) is 95.1 cm³/mol. The van der Waals surface area contributed by atoms with Crippen LogP contribution in [-0.2, 0) is 0 Å². The second kappa shape index (κ2) is 7.28. The Morgan fingerprint density at radius 3 is 2.13 bits per heavy atom. The van der Waals surface area contributed by atoms with Crippen LogP contribution in [0.2, 0.25) is 5.15 Å². The summed E-state index contributed by atoms with van der Waals surface area (Å²) >= 11 is 7.15. The van der Waals surface area contributed by atoms with Crippen molar-refractivity contribution in [3.8, 4) is 6.07 Å². The van der Waals surface area contributed by atoms with Crippen LogP contribution in [0.15, 0.2) is 60.7 Å². The molecule has 5 heteroatoms. The lowest BCUT2D eigenvalue weighted by atomic mass is 9.91. The highest BCUT2D eigenvalue weighted by Crippen LogP contribution is 2.30. The van der Waals surface area contributed by atoms with Crippen molar-refractivity contribution < 1.29 is 0 Å². The molecule has 0 radical (unpaired) electrons. The van der Waals surface area contributed by atoms with Gasteiger partial charge in [0.05, 0.1) is 0 Å². The van der Waals surface area contributed by atoms with Gasteiger partial charge in [-0.25, -0.2) is 0 Å². The van der Waals surface area contributed by atoms with Crippen molar-refractivity contribution in [2.75, 3.05) is 11.9 Å². The number of hydrogen-bond donors (Lipinski definition) is 1. The standard InChI is InChI=1S/C18H14ClN3S/c19-17-15(11-20)18(23-22-17)21-12-16(13-7-3-1-4-8-13)14-9-5-2-6-10-14/h1-10,16,21H,12H2. The molecule has 1 N–H and O–H groups in total. The zero-order valence-electron chi connectivity index (χ0n) is 12.2. The third kappa shape index (κ3) is 3.53. The Labute approximate surface area is 144 Å². The average Bonchev–Trinajstić information content (AvgIpc) is 2.97. The summed E-state index contributed by atoms with van der Waals surface area (Å²) in [7, 11) is 0. The van der Waals surface area contributed by atoms with Crippen molar-refractivity contribution >= 4 is 28.1 Å². The minimum Gasteiger partial charge on any atom is -0.374 e.